The predicted molar refractivity (Wildman–Crippen MR) is 75.1 cm³/mol. The van der Waals surface area contributed by atoms with Crippen LogP contribution in [0.25, 0.3) is 0 Å². The van der Waals surface area contributed by atoms with Gasteiger partial charge in [0.2, 0.25) is 0 Å². The molecule has 1 N–H and O–H groups in total. The number of amidine groups is 1. The molecule has 2 aliphatic rings. The highest BCUT2D eigenvalue weighted by Gasteiger charge is 2.34. The van der Waals surface area contributed by atoms with Crippen molar-refractivity contribution in [3.8, 4) is 0 Å². The predicted octanol–water partition coefficient (Wildman–Crippen LogP) is 2.29. The molecule has 1 amide bonds. The molecule has 0 aliphatic carbocycles. The molecule has 0 aromatic rings. The molecular formula is C14H23N3O2. The van der Waals surface area contributed by atoms with Crippen molar-refractivity contribution in [1.29, 1.82) is 0 Å². The molecule has 1 saturated heterocycles. The van der Waals surface area contributed by atoms with Crippen molar-refractivity contribution < 1.29 is 9.53 Å². The Hall–Kier alpha value is -1.52. The van der Waals surface area contributed by atoms with Crippen LogP contribution in [0.3, 0.4) is 0 Å². The second kappa shape index (κ2) is 5.23. The zero-order valence-electron chi connectivity index (χ0n) is 12.4. The maximum absolute atomic E-state index is 11.6. The fraction of sp³-hybridized carbons (Fsp3) is 0.714. The van der Waals surface area contributed by atoms with Gasteiger partial charge in [-0.15, -0.1) is 0 Å². The summed E-state index contributed by atoms with van der Waals surface area (Å²) in [7, 11) is 0. The van der Waals surface area contributed by atoms with Crippen molar-refractivity contribution in [2.75, 3.05) is 6.54 Å². The summed E-state index contributed by atoms with van der Waals surface area (Å²) in [4.78, 5) is 18.5. The van der Waals surface area contributed by atoms with Crippen LogP contribution >= 0.6 is 0 Å². The molecule has 19 heavy (non-hydrogen) atoms. The van der Waals surface area contributed by atoms with E-state index in [-0.39, 0.29) is 24.3 Å². The van der Waals surface area contributed by atoms with E-state index >= 15 is 0 Å². The number of aliphatic imine (C=N–C) groups is 1. The number of carbonyl (C=O) groups is 1. The minimum Gasteiger partial charge on any atom is -0.447 e. The van der Waals surface area contributed by atoms with E-state index < -0.39 is 0 Å². The van der Waals surface area contributed by atoms with Gasteiger partial charge < -0.3 is 15.0 Å². The second-order valence-corrected chi connectivity index (χ2v) is 5.59. The average molecular weight is 265 g/mol. The van der Waals surface area contributed by atoms with Gasteiger partial charge in [0.15, 0.2) is 0 Å². The number of hydrogen-bond donors (Lipinski definition) is 1. The molecule has 2 aliphatic heterocycles. The van der Waals surface area contributed by atoms with E-state index in [1.165, 1.54) is 11.3 Å². The number of nitrogens with zero attached hydrogens (tertiary/aromatic N) is 2. The Bertz CT molecular complexity index is 440. The molecule has 106 valence electrons. The molecule has 5 heteroatoms. The third-order valence-corrected chi connectivity index (χ3v) is 3.69. The van der Waals surface area contributed by atoms with Crippen LogP contribution in [0.5, 0.6) is 0 Å². The third-order valence-electron chi connectivity index (χ3n) is 3.69. The van der Waals surface area contributed by atoms with Crippen LogP contribution in [0, 0.1) is 0 Å². The van der Waals surface area contributed by atoms with Gasteiger partial charge in [0.05, 0.1) is 18.2 Å². The Morgan fingerprint density at radius 1 is 1.47 bits per heavy atom. The maximum Gasteiger partial charge on any atom is 0.407 e. The van der Waals surface area contributed by atoms with Gasteiger partial charge in [0.1, 0.15) is 5.84 Å². The molecule has 0 aromatic heterocycles. The third kappa shape index (κ3) is 2.91. The van der Waals surface area contributed by atoms with Gasteiger partial charge in [-0.25, -0.2) is 4.79 Å². The topological polar surface area (TPSA) is 53.9 Å². The zero-order valence-corrected chi connectivity index (χ0v) is 12.4. The summed E-state index contributed by atoms with van der Waals surface area (Å²) in [5.74, 6) is 1.04. The van der Waals surface area contributed by atoms with Gasteiger partial charge >= 0.3 is 6.09 Å². The highest BCUT2D eigenvalue weighted by molar-refractivity contribution is 5.84. The summed E-state index contributed by atoms with van der Waals surface area (Å²) in [6.45, 7) is 10.7. The van der Waals surface area contributed by atoms with Crippen LogP contribution < -0.4 is 5.32 Å². The van der Waals surface area contributed by atoms with Crippen LogP contribution in [-0.4, -0.2) is 41.6 Å². The zero-order chi connectivity index (χ0) is 14.2. The van der Waals surface area contributed by atoms with Crippen molar-refractivity contribution >= 4 is 11.9 Å². The molecule has 0 saturated carbocycles. The largest absolute Gasteiger partial charge is 0.447 e. The van der Waals surface area contributed by atoms with Gasteiger partial charge in [-0.2, -0.15) is 0 Å². The molecule has 5 nitrogen and oxygen atoms in total. The molecule has 0 spiro atoms. The Kier molecular flexibility index (Phi) is 3.83. The van der Waals surface area contributed by atoms with Gasteiger partial charge in [0.25, 0.3) is 0 Å². The fourth-order valence-corrected chi connectivity index (χ4v) is 2.64. The van der Waals surface area contributed by atoms with Crippen molar-refractivity contribution in [3.05, 3.63) is 11.3 Å². The normalized spacial score (nSPS) is 26.4. The first-order valence-corrected chi connectivity index (χ1v) is 6.87. The molecular weight excluding hydrogens is 242 g/mol. The highest BCUT2D eigenvalue weighted by Crippen LogP contribution is 2.31. The summed E-state index contributed by atoms with van der Waals surface area (Å²) in [5.41, 5.74) is 2.60. The lowest BCUT2D eigenvalue weighted by Crippen LogP contribution is -2.39. The standard InChI is InChI=1S/C14H23N3O2/c1-8(2)19-14(18)16-12-6-13-9(3)10(4)15-11(5)17(13)7-12/h8,10,12H,6-7H2,1-5H3,(H,16,18)/t10-,12-/m0/s1. The number of ether oxygens (including phenoxy) is 1. The first kappa shape index (κ1) is 13.9. The molecule has 0 radical (unpaired) electrons. The average Bonchev–Trinajstić information content (AvgIpc) is 2.69. The Morgan fingerprint density at radius 2 is 2.16 bits per heavy atom. The Morgan fingerprint density at radius 3 is 2.79 bits per heavy atom. The van der Waals surface area contributed by atoms with Crippen LogP contribution in [-0.2, 0) is 4.74 Å². The Labute approximate surface area is 114 Å². The smallest absolute Gasteiger partial charge is 0.407 e. The molecule has 2 heterocycles. The highest BCUT2D eigenvalue weighted by atomic mass is 16.6. The van der Waals surface area contributed by atoms with Crippen molar-refractivity contribution in [3.63, 3.8) is 0 Å². The number of fused-ring (bicyclic) bond motifs is 1. The van der Waals surface area contributed by atoms with E-state index in [0.717, 1.165) is 18.8 Å². The fourth-order valence-electron chi connectivity index (χ4n) is 2.64. The minimum atomic E-state index is -0.333. The van der Waals surface area contributed by atoms with E-state index in [2.05, 4.69) is 29.1 Å². The summed E-state index contributed by atoms with van der Waals surface area (Å²) >= 11 is 0. The quantitative estimate of drug-likeness (QED) is 0.833. The van der Waals surface area contributed by atoms with Crippen LogP contribution in [0.15, 0.2) is 16.3 Å². The molecule has 2 atom stereocenters. The lowest BCUT2D eigenvalue weighted by atomic mass is 10.0. The maximum atomic E-state index is 11.6. The van der Waals surface area contributed by atoms with E-state index in [0.29, 0.717) is 0 Å². The summed E-state index contributed by atoms with van der Waals surface area (Å²) in [5, 5.41) is 2.93. The van der Waals surface area contributed by atoms with Gasteiger partial charge in [-0.3, -0.25) is 4.99 Å². The summed E-state index contributed by atoms with van der Waals surface area (Å²) < 4.78 is 5.13. The first-order chi connectivity index (χ1) is 8.88. The number of amides is 1. The van der Waals surface area contributed by atoms with Gasteiger partial charge in [-0.1, -0.05) is 0 Å². The molecule has 0 bridgehead atoms. The SMILES string of the molecule is CC1=N[C@@H](C)C(C)=C2C[C@H](NC(=O)OC(C)C)CN12. The number of alkyl carbamates (subject to hydrolysis) is 1. The minimum absolute atomic E-state index is 0.0896. The number of carbonyl (C=O) groups excluding carboxylic acids is 1. The van der Waals surface area contributed by atoms with E-state index in [1.54, 1.807) is 0 Å². The van der Waals surface area contributed by atoms with Gasteiger partial charge in [0, 0.05) is 18.7 Å². The molecule has 2 rings (SSSR count). The van der Waals surface area contributed by atoms with Crippen molar-refractivity contribution in [1.82, 2.24) is 10.2 Å². The summed E-state index contributed by atoms with van der Waals surface area (Å²) in [6, 6.07) is 0.347. The second-order valence-electron chi connectivity index (χ2n) is 5.59. The van der Waals surface area contributed by atoms with E-state index in [1.807, 2.05) is 20.8 Å². The molecule has 0 unspecified atom stereocenters. The lowest BCUT2D eigenvalue weighted by Gasteiger charge is -2.28. The number of hydrogen-bond acceptors (Lipinski definition) is 4. The molecule has 0 aromatic carbocycles. The van der Waals surface area contributed by atoms with Crippen LogP contribution in [0.4, 0.5) is 4.79 Å². The molecule has 1 fully saturated rings. The monoisotopic (exact) mass is 265 g/mol. The first-order valence-electron chi connectivity index (χ1n) is 6.87. The van der Waals surface area contributed by atoms with Crippen LogP contribution in [0.1, 0.15) is 41.0 Å². The van der Waals surface area contributed by atoms with E-state index in [9.17, 15) is 4.79 Å². The van der Waals surface area contributed by atoms with Crippen molar-refractivity contribution in [2.24, 2.45) is 4.99 Å². The lowest BCUT2D eigenvalue weighted by molar-refractivity contribution is 0.112. The van der Waals surface area contributed by atoms with E-state index in [4.69, 9.17) is 4.74 Å². The van der Waals surface area contributed by atoms with Gasteiger partial charge in [-0.05, 0) is 40.2 Å². The Balaban J connectivity index is 2.03. The van der Waals surface area contributed by atoms with Crippen LogP contribution in [0.2, 0.25) is 0 Å². The summed E-state index contributed by atoms with van der Waals surface area (Å²) in [6.07, 6.45) is 0.435. The number of nitrogens with one attached hydrogen (secondary N) is 1. The van der Waals surface area contributed by atoms with Crippen molar-refractivity contribution in [2.45, 2.75) is 59.2 Å². The number of rotatable bonds is 2.